The molecule has 0 spiro atoms. The molecule has 0 bridgehead atoms. The topological polar surface area (TPSA) is 197 Å². The fraction of sp³-hybridized carbons (Fsp3) is 0.246. The van der Waals surface area contributed by atoms with Crippen molar-refractivity contribution in [3.05, 3.63) is 162 Å². The molecular formula is C61H78N14O4S2. The fourth-order valence-corrected chi connectivity index (χ4v) is 9.69. The lowest BCUT2D eigenvalue weighted by Gasteiger charge is -2.26. The van der Waals surface area contributed by atoms with Crippen molar-refractivity contribution in [3.8, 4) is 11.5 Å². The zero-order chi connectivity index (χ0) is 59.5. The Morgan fingerprint density at radius 3 is 1.43 bits per heavy atom. The molecule has 0 unspecified atom stereocenters. The average Bonchev–Trinajstić information content (AvgIpc) is 4.12. The van der Waals surface area contributed by atoms with Gasteiger partial charge in [-0.2, -0.15) is 0 Å². The summed E-state index contributed by atoms with van der Waals surface area (Å²) >= 11 is 3.05. The minimum absolute atomic E-state index is 0.296. The van der Waals surface area contributed by atoms with Gasteiger partial charge in [-0.1, -0.05) is 63.2 Å². The van der Waals surface area contributed by atoms with Gasteiger partial charge in [-0.25, -0.2) is 15.8 Å². The maximum atomic E-state index is 12.3. The van der Waals surface area contributed by atoms with Crippen LogP contribution < -0.4 is 62.0 Å². The molecule has 0 saturated carbocycles. The Bertz CT molecular complexity index is 3270. The van der Waals surface area contributed by atoms with Crippen LogP contribution in [0.3, 0.4) is 0 Å². The van der Waals surface area contributed by atoms with E-state index in [1.54, 1.807) is 37.8 Å². The second kappa shape index (κ2) is 30.1. The van der Waals surface area contributed by atoms with Crippen molar-refractivity contribution in [2.75, 3.05) is 129 Å². The number of nitrogens with one attached hydrogen (secondary N) is 4. The summed E-state index contributed by atoms with van der Waals surface area (Å²) in [6, 6.07) is 26.8. The van der Waals surface area contributed by atoms with E-state index in [4.69, 9.17) is 31.0 Å². The monoisotopic (exact) mass is 1130 g/mol. The smallest absolute Gasteiger partial charge is 0.247 e. The quantitative estimate of drug-likeness (QED) is 0.00791. The van der Waals surface area contributed by atoms with Crippen LogP contribution >= 0.6 is 22.7 Å². The first-order chi connectivity index (χ1) is 38.6. The summed E-state index contributed by atoms with van der Waals surface area (Å²) in [7, 11) is 15.2. The number of nitrogen functional groups attached to an aromatic ring is 1. The van der Waals surface area contributed by atoms with E-state index < -0.39 is 0 Å². The highest BCUT2D eigenvalue weighted by atomic mass is 32.1. The van der Waals surface area contributed by atoms with Gasteiger partial charge in [0.1, 0.15) is 23.2 Å². The van der Waals surface area contributed by atoms with Gasteiger partial charge in [-0.15, -0.1) is 22.7 Å². The van der Waals surface area contributed by atoms with Crippen LogP contribution in [0.5, 0.6) is 11.5 Å². The van der Waals surface area contributed by atoms with Crippen molar-refractivity contribution in [1.82, 2.24) is 9.80 Å². The second-order valence-corrected chi connectivity index (χ2v) is 20.9. The number of benzene rings is 4. The first-order valence-corrected chi connectivity index (χ1v) is 27.5. The van der Waals surface area contributed by atoms with Gasteiger partial charge in [0.05, 0.1) is 92.2 Å². The molecule has 20 heteroatoms. The maximum Gasteiger partial charge on any atom is 0.247 e. The number of nitrogens with two attached hydrogens (primary N) is 2. The highest BCUT2D eigenvalue weighted by Gasteiger charge is 2.21. The Morgan fingerprint density at radius 2 is 1.02 bits per heavy atom. The Labute approximate surface area is 486 Å². The van der Waals surface area contributed by atoms with Gasteiger partial charge in [0, 0.05) is 64.3 Å². The van der Waals surface area contributed by atoms with Crippen LogP contribution in [0.1, 0.15) is 29.2 Å². The van der Waals surface area contributed by atoms with Crippen molar-refractivity contribution >= 4 is 120 Å². The molecule has 0 atom stereocenters. The van der Waals surface area contributed by atoms with Gasteiger partial charge < -0.3 is 61.0 Å². The number of para-hydroxylation sites is 3. The highest BCUT2D eigenvalue weighted by molar-refractivity contribution is 7.12. The number of amides is 2. The molecule has 2 heterocycles. The number of anilines is 9. The summed E-state index contributed by atoms with van der Waals surface area (Å²) in [4.78, 5) is 46.2. The SMILES string of the molecule is C=CC(=O)Nc1cc(NC(C)=Nc2ccsc2C(=C)N(C=C)c2ccccc2C)c(OC)cc1N(C)CCN(C)C.C=CC(=O)Nc1cc(NC(C)=Nc2ccsc2C(=C)N(N)c2ccccc2N)c(OC)cc1N(C)CCN(C)C. The number of aliphatic imine (C=N–C) groups is 2. The first-order valence-electron chi connectivity index (χ1n) is 25.7. The van der Waals surface area contributed by atoms with Gasteiger partial charge >= 0.3 is 0 Å². The lowest BCUT2D eigenvalue weighted by atomic mass is 10.1. The molecule has 2 amide bonds. The molecule has 0 aliphatic rings. The van der Waals surface area contributed by atoms with Gasteiger partial charge in [0.2, 0.25) is 11.8 Å². The van der Waals surface area contributed by atoms with Crippen LogP contribution in [0, 0.1) is 6.92 Å². The van der Waals surface area contributed by atoms with Gasteiger partial charge in [-0.05, 0) is 120 Å². The summed E-state index contributed by atoms with van der Waals surface area (Å²) in [5, 5.41) is 17.9. The molecule has 428 valence electrons. The van der Waals surface area contributed by atoms with E-state index in [1.807, 2.05) is 145 Å². The molecule has 0 aliphatic carbocycles. The third-order valence-corrected chi connectivity index (χ3v) is 14.4. The van der Waals surface area contributed by atoms with E-state index in [1.165, 1.54) is 28.5 Å². The summed E-state index contributed by atoms with van der Waals surface area (Å²) in [5.41, 5.74) is 16.5. The number of thiophene rings is 2. The predicted molar refractivity (Wildman–Crippen MR) is 348 cm³/mol. The number of hydrogen-bond donors (Lipinski definition) is 6. The second-order valence-electron chi connectivity index (χ2n) is 19.1. The fourth-order valence-electron chi connectivity index (χ4n) is 8.09. The van der Waals surface area contributed by atoms with E-state index in [0.717, 1.165) is 69.9 Å². The lowest BCUT2D eigenvalue weighted by molar-refractivity contribution is -0.112. The van der Waals surface area contributed by atoms with Crippen LogP contribution in [-0.4, -0.2) is 116 Å². The molecule has 0 saturated heterocycles. The lowest BCUT2D eigenvalue weighted by Crippen LogP contribution is -2.29. The number of hydrogen-bond acceptors (Lipinski definition) is 16. The normalized spacial score (nSPS) is 11.2. The van der Waals surface area contributed by atoms with E-state index in [0.29, 0.717) is 68.7 Å². The predicted octanol–water partition coefficient (Wildman–Crippen LogP) is 11.9. The number of nitrogens with zero attached hydrogens (tertiary/aromatic N) is 8. The molecule has 6 rings (SSSR count). The molecule has 8 N–H and O–H groups in total. The Morgan fingerprint density at radius 1 is 0.593 bits per heavy atom. The number of amidine groups is 2. The Hall–Kier alpha value is -8.66. The number of methoxy groups -OCH3 is 2. The summed E-state index contributed by atoms with van der Waals surface area (Å²) in [5.74, 6) is 8.23. The minimum Gasteiger partial charge on any atom is -0.494 e. The van der Waals surface area contributed by atoms with E-state index >= 15 is 0 Å². The summed E-state index contributed by atoms with van der Waals surface area (Å²) < 4.78 is 11.4. The van der Waals surface area contributed by atoms with Crippen molar-refractivity contribution in [1.29, 1.82) is 0 Å². The standard InChI is InChI=1S/C32H40N6O2S.C29H38N8O2S/c1-10-31(39)35-26-20-27(30(40-9)21-29(26)37(8)18-17-36(6)7)34-24(5)33-25-16-19-41-32(25)23(4)38(11-2)28-15-13-12-14-22(28)3;1-8-28(38)34-23-17-24(27(39-7)18-26(23)36(6)15-14-35(4)5)33-20(3)32-22-13-16-40-29(22)19(2)37(31)25-12-10-9-11-21(25)30/h10-16,19-21H,1-2,4,17-18H2,3,5-9H3,(H,33,34)(H,35,39);8-13,16-18H,1-2,14-15,30-31H2,3-7H3,(H,32,33)(H,34,38). The zero-order valence-corrected chi connectivity index (χ0v) is 50.1. The third-order valence-electron chi connectivity index (χ3n) is 12.5. The number of carbonyl (C=O) groups excluding carboxylic acids is 2. The van der Waals surface area contributed by atoms with Crippen LogP contribution in [0.4, 0.5) is 62.6 Å². The Balaban J connectivity index is 0.000000297. The number of likely N-dealkylation sites (N-methyl/N-ethyl adjacent to an activating group) is 4. The van der Waals surface area contributed by atoms with Crippen LogP contribution in [-0.2, 0) is 9.59 Å². The number of aryl methyl sites for hydroxylation is 1. The molecule has 0 aliphatic heterocycles. The van der Waals surface area contributed by atoms with Gasteiger partial charge in [-0.3, -0.25) is 14.6 Å². The summed E-state index contributed by atoms with van der Waals surface area (Å²) in [6.07, 6.45) is 4.26. The van der Waals surface area contributed by atoms with Gasteiger partial charge in [0.25, 0.3) is 0 Å². The Kier molecular flexibility index (Phi) is 23.5. The van der Waals surface area contributed by atoms with Gasteiger partial charge in [0.15, 0.2) is 0 Å². The van der Waals surface area contributed by atoms with Crippen LogP contribution in [0.2, 0.25) is 0 Å². The van der Waals surface area contributed by atoms with Crippen molar-refractivity contribution in [2.45, 2.75) is 20.8 Å². The largest absolute Gasteiger partial charge is 0.494 e. The van der Waals surface area contributed by atoms with E-state index in [9.17, 15) is 9.59 Å². The number of rotatable bonds is 25. The third kappa shape index (κ3) is 17.2. The molecule has 6 aromatic rings. The number of carbonyl (C=O) groups is 2. The molecule has 0 radical (unpaired) electrons. The average molecular weight is 1140 g/mol. The zero-order valence-electron chi connectivity index (χ0n) is 48.5. The first kappa shape index (κ1) is 63.2. The van der Waals surface area contributed by atoms with Crippen LogP contribution in [0.15, 0.2) is 157 Å². The van der Waals surface area contributed by atoms with Crippen LogP contribution in [0.25, 0.3) is 11.4 Å². The van der Waals surface area contributed by atoms with E-state index in [-0.39, 0.29) is 11.8 Å². The number of hydrazine groups is 1. The van der Waals surface area contributed by atoms with E-state index in [2.05, 4.69) is 86.8 Å². The molecule has 0 fully saturated rings. The number of ether oxygens (including phenoxy) is 2. The molecular weight excluding hydrogens is 1060 g/mol. The molecule has 2 aromatic heterocycles. The molecule has 4 aromatic carbocycles. The van der Waals surface area contributed by atoms with Crippen molar-refractivity contribution in [2.24, 2.45) is 15.8 Å². The minimum atomic E-state index is -0.310. The molecule has 81 heavy (non-hydrogen) atoms. The molecule has 18 nitrogen and oxygen atoms in total. The maximum absolute atomic E-state index is 12.3. The van der Waals surface area contributed by atoms with Crippen molar-refractivity contribution < 1.29 is 19.1 Å². The van der Waals surface area contributed by atoms with Crippen molar-refractivity contribution in [3.63, 3.8) is 0 Å². The highest BCUT2D eigenvalue weighted by Crippen LogP contribution is 2.41. The summed E-state index contributed by atoms with van der Waals surface area (Å²) in [6.45, 7) is 28.7.